The van der Waals surface area contributed by atoms with E-state index in [-0.39, 0.29) is 12.1 Å². The van der Waals surface area contributed by atoms with Gasteiger partial charge in [-0.25, -0.2) is 18.6 Å². The summed E-state index contributed by atoms with van der Waals surface area (Å²) in [5.41, 5.74) is 2.89. The van der Waals surface area contributed by atoms with E-state index < -0.39 is 11.6 Å². The van der Waals surface area contributed by atoms with Crippen molar-refractivity contribution in [3.8, 4) is 11.1 Å². The minimum Gasteiger partial charge on any atom is -0.356 e. The molecule has 0 bridgehead atoms. The van der Waals surface area contributed by atoms with E-state index in [0.717, 1.165) is 43.4 Å². The molecule has 5 nitrogen and oxygen atoms in total. The van der Waals surface area contributed by atoms with Gasteiger partial charge >= 0.3 is 6.03 Å². The molecular weight excluding hydrogens is 410 g/mol. The Morgan fingerprint density at radius 2 is 1.66 bits per heavy atom. The monoisotopic (exact) mass is 436 g/mol. The van der Waals surface area contributed by atoms with Gasteiger partial charge in [0.1, 0.15) is 17.5 Å². The molecule has 3 aromatic rings. The summed E-state index contributed by atoms with van der Waals surface area (Å²) in [6, 6.07) is 14.4. The van der Waals surface area contributed by atoms with Crippen molar-refractivity contribution in [2.24, 2.45) is 0 Å². The molecule has 2 heterocycles. The van der Waals surface area contributed by atoms with Crippen LogP contribution in [0.2, 0.25) is 0 Å². The van der Waals surface area contributed by atoms with Gasteiger partial charge in [0.05, 0.1) is 0 Å². The molecule has 0 atom stereocenters. The van der Waals surface area contributed by atoms with Crippen LogP contribution in [0.3, 0.4) is 0 Å². The molecule has 0 unspecified atom stereocenters. The summed E-state index contributed by atoms with van der Waals surface area (Å²) in [5.74, 6) is -0.272. The van der Waals surface area contributed by atoms with Gasteiger partial charge in [0.15, 0.2) is 0 Å². The van der Waals surface area contributed by atoms with E-state index in [4.69, 9.17) is 0 Å². The molecule has 0 saturated carbocycles. The molecule has 0 spiro atoms. The smallest absolute Gasteiger partial charge is 0.321 e. The Morgan fingerprint density at radius 1 is 1.00 bits per heavy atom. The average molecular weight is 437 g/mol. The number of anilines is 2. The van der Waals surface area contributed by atoms with Crippen LogP contribution < -0.4 is 10.2 Å². The first-order valence-electron chi connectivity index (χ1n) is 10.7. The molecule has 1 aliphatic rings. The lowest BCUT2D eigenvalue weighted by molar-refractivity contribution is 0.193. The fraction of sp³-hybridized carbons (Fsp3) is 0.280. The number of pyridine rings is 1. The van der Waals surface area contributed by atoms with Crippen molar-refractivity contribution in [2.75, 3.05) is 30.4 Å². The summed E-state index contributed by atoms with van der Waals surface area (Å²) >= 11 is 0. The van der Waals surface area contributed by atoms with E-state index in [1.807, 2.05) is 26.2 Å². The van der Waals surface area contributed by atoms with E-state index in [2.05, 4.69) is 21.3 Å². The number of aromatic nitrogens is 1. The standard InChI is InChI=1S/C25H26F2N4O/c1-17-3-8-24(28-16-17)31-11-9-23(10-12-31)30(2)25(32)29-22-6-4-18(5-7-22)19-13-20(26)15-21(27)14-19/h3-8,13-16,23H,9-12H2,1-2H3,(H,29,32). The van der Waals surface area contributed by atoms with Crippen LogP contribution in [0.4, 0.5) is 25.1 Å². The molecule has 1 fully saturated rings. The summed E-state index contributed by atoms with van der Waals surface area (Å²) in [4.78, 5) is 21.2. The Labute approximate surface area is 186 Å². The summed E-state index contributed by atoms with van der Waals surface area (Å²) in [5, 5.41) is 2.90. The van der Waals surface area contributed by atoms with E-state index in [1.54, 1.807) is 29.2 Å². The SMILES string of the molecule is Cc1ccc(N2CCC(N(C)C(=O)Nc3ccc(-c4cc(F)cc(F)c4)cc3)CC2)nc1. The lowest BCUT2D eigenvalue weighted by atomic mass is 10.0. The molecule has 32 heavy (non-hydrogen) atoms. The molecule has 1 aliphatic heterocycles. The largest absolute Gasteiger partial charge is 0.356 e. The van der Waals surface area contributed by atoms with E-state index in [1.165, 1.54) is 12.1 Å². The highest BCUT2D eigenvalue weighted by molar-refractivity contribution is 5.89. The Morgan fingerprint density at radius 3 is 2.25 bits per heavy atom. The number of amides is 2. The van der Waals surface area contributed by atoms with Crippen LogP contribution in [0, 0.1) is 18.6 Å². The molecule has 2 aromatic carbocycles. The Balaban J connectivity index is 1.33. The number of aryl methyl sites for hydroxylation is 1. The number of nitrogens with one attached hydrogen (secondary N) is 1. The number of carbonyl (C=O) groups excluding carboxylic acids is 1. The third-order valence-electron chi connectivity index (χ3n) is 5.88. The molecule has 0 radical (unpaired) electrons. The number of rotatable bonds is 4. The van der Waals surface area contributed by atoms with Crippen LogP contribution in [0.5, 0.6) is 0 Å². The van der Waals surface area contributed by atoms with Crippen LogP contribution >= 0.6 is 0 Å². The second-order valence-electron chi connectivity index (χ2n) is 8.19. The van der Waals surface area contributed by atoms with Crippen molar-refractivity contribution in [2.45, 2.75) is 25.8 Å². The minimum absolute atomic E-state index is 0.145. The van der Waals surface area contributed by atoms with Gasteiger partial charge in [0.2, 0.25) is 0 Å². The van der Waals surface area contributed by atoms with Crippen LogP contribution in [0.15, 0.2) is 60.8 Å². The van der Waals surface area contributed by atoms with Gasteiger partial charge in [-0.15, -0.1) is 0 Å². The predicted molar refractivity (Wildman–Crippen MR) is 123 cm³/mol. The van der Waals surface area contributed by atoms with Crippen molar-refractivity contribution >= 4 is 17.5 Å². The number of nitrogens with zero attached hydrogens (tertiary/aromatic N) is 3. The highest BCUT2D eigenvalue weighted by Gasteiger charge is 2.26. The second kappa shape index (κ2) is 9.34. The zero-order chi connectivity index (χ0) is 22.7. The van der Waals surface area contributed by atoms with Gasteiger partial charge in [-0.1, -0.05) is 18.2 Å². The number of piperidine rings is 1. The van der Waals surface area contributed by atoms with Crippen molar-refractivity contribution in [1.29, 1.82) is 0 Å². The molecule has 2 amide bonds. The van der Waals surface area contributed by atoms with Gasteiger partial charge in [0.25, 0.3) is 0 Å². The maximum absolute atomic E-state index is 13.5. The fourth-order valence-electron chi connectivity index (χ4n) is 3.97. The van der Waals surface area contributed by atoms with Crippen molar-refractivity contribution in [3.05, 3.63) is 78.0 Å². The number of benzene rings is 2. The first kappa shape index (κ1) is 21.7. The number of urea groups is 1. The number of halogens is 2. The normalized spacial score (nSPS) is 14.3. The Bertz CT molecular complexity index is 1060. The molecular formula is C25H26F2N4O. The summed E-state index contributed by atoms with van der Waals surface area (Å²) < 4.78 is 26.9. The molecule has 1 saturated heterocycles. The van der Waals surface area contributed by atoms with Crippen LogP contribution in [0.1, 0.15) is 18.4 Å². The highest BCUT2D eigenvalue weighted by atomic mass is 19.1. The van der Waals surface area contributed by atoms with Crippen molar-refractivity contribution in [1.82, 2.24) is 9.88 Å². The predicted octanol–water partition coefficient (Wildman–Crippen LogP) is 5.47. The molecule has 4 rings (SSSR count). The summed E-state index contributed by atoms with van der Waals surface area (Å²) in [7, 11) is 1.81. The molecule has 7 heteroatoms. The number of hydrogen-bond acceptors (Lipinski definition) is 3. The third-order valence-corrected chi connectivity index (χ3v) is 5.88. The van der Waals surface area contributed by atoms with E-state index in [0.29, 0.717) is 16.8 Å². The minimum atomic E-state index is -0.622. The van der Waals surface area contributed by atoms with E-state index >= 15 is 0 Å². The van der Waals surface area contributed by atoms with Gasteiger partial charge < -0.3 is 15.1 Å². The average Bonchev–Trinajstić information content (AvgIpc) is 2.79. The molecule has 166 valence electrons. The molecule has 0 aliphatic carbocycles. The van der Waals surface area contributed by atoms with Gasteiger partial charge in [0, 0.05) is 44.1 Å². The summed E-state index contributed by atoms with van der Waals surface area (Å²) in [6.07, 6.45) is 3.60. The summed E-state index contributed by atoms with van der Waals surface area (Å²) in [6.45, 7) is 3.71. The second-order valence-corrected chi connectivity index (χ2v) is 8.19. The lowest BCUT2D eigenvalue weighted by Crippen LogP contribution is -2.47. The first-order valence-corrected chi connectivity index (χ1v) is 10.7. The third kappa shape index (κ3) is 5.04. The van der Waals surface area contributed by atoms with Crippen LogP contribution in [-0.4, -0.2) is 42.1 Å². The Hall–Kier alpha value is -3.48. The fourth-order valence-corrected chi connectivity index (χ4v) is 3.97. The maximum atomic E-state index is 13.5. The van der Waals surface area contributed by atoms with Crippen LogP contribution in [0.25, 0.3) is 11.1 Å². The maximum Gasteiger partial charge on any atom is 0.321 e. The van der Waals surface area contributed by atoms with Crippen molar-refractivity contribution < 1.29 is 13.6 Å². The van der Waals surface area contributed by atoms with E-state index in [9.17, 15) is 13.6 Å². The van der Waals surface area contributed by atoms with Gasteiger partial charge in [-0.05, 0) is 66.8 Å². The van der Waals surface area contributed by atoms with Gasteiger partial charge in [-0.2, -0.15) is 0 Å². The van der Waals surface area contributed by atoms with Crippen LogP contribution in [-0.2, 0) is 0 Å². The number of carbonyl (C=O) groups is 1. The lowest BCUT2D eigenvalue weighted by Gasteiger charge is -2.37. The zero-order valence-corrected chi connectivity index (χ0v) is 18.2. The Kier molecular flexibility index (Phi) is 6.35. The first-order chi connectivity index (χ1) is 15.4. The quantitative estimate of drug-likeness (QED) is 0.590. The topological polar surface area (TPSA) is 48.5 Å². The molecule has 1 aromatic heterocycles. The highest BCUT2D eigenvalue weighted by Crippen LogP contribution is 2.24. The molecule has 1 N–H and O–H groups in total. The van der Waals surface area contributed by atoms with Crippen molar-refractivity contribution in [3.63, 3.8) is 0 Å². The zero-order valence-electron chi connectivity index (χ0n) is 18.2. The van der Waals surface area contributed by atoms with Gasteiger partial charge in [-0.3, -0.25) is 0 Å². The number of hydrogen-bond donors (Lipinski definition) is 1.